The lowest BCUT2D eigenvalue weighted by Crippen LogP contribution is -2.28. The number of para-hydroxylation sites is 1. The van der Waals surface area contributed by atoms with E-state index in [0.717, 1.165) is 26.3 Å². The zero-order valence-corrected chi connectivity index (χ0v) is 9.06. The Kier molecular flexibility index (Phi) is 2.43. The topological polar surface area (TPSA) is 41.2 Å². The summed E-state index contributed by atoms with van der Waals surface area (Å²) < 4.78 is 3.80. The third kappa shape index (κ3) is 1.60. The molecule has 2 rings (SSSR count). The summed E-state index contributed by atoms with van der Waals surface area (Å²) in [6, 6.07) is 7.88. The fraction of sp³-hybridized carbons (Fsp3) is 0.111. The molecule has 0 amide bonds. The molecule has 0 fully saturated rings. The van der Waals surface area contributed by atoms with Crippen molar-refractivity contribution >= 4 is 38.6 Å². The maximum atomic E-state index is 10.6. The lowest BCUT2D eigenvalue weighted by molar-refractivity contribution is -0.676. The SMILES string of the molecule is C[n+]1c(SC(=O)O)sc2ccccc21. The molecule has 0 aliphatic heterocycles. The maximum absolute atomic E-state index is 10.6. The molecule has 0 bridgehead atoms. The summed E-state index contributed by atoms with van der Waals surface area (Å²) >= 11 is 2.35. The lowest BCUT2D eigenvalue weighted by atomic mass is 10.3. The van der Waals surface area contributed by atoms with Crippen molar-refractivity contribution in [2.75, 3.05) is 0 Å². The lowest BCUT2D eigenvalue weighted by Gasteiger charge is -1.86. The Morgan fingerprint density at radius 1 is 1.50 bits per heavy atom. The number of rotatable bonds is 1. The van der Waals surface area contributed by atoms with Gasteiger partial charge in [-0.15, -0.1) is 0 Å². The van der Waals surface area contributed by atoms with E-state index in [9.17, 15) is 4.79 Å². The van der Waals surface area contributed by atoms with Crippen LogP contribution in [0.4, 0.5) is 4.79 Å². The normalized spacial score (nSPS) is 10.6. The summed E-state index contributed by atoms with van der Waals surface area (Å²) in [5.41, 5.74) is 1.07. The Labute approximate surface area is 89.0 Å². The number of hydrogen-bond donors (Lipinski definition) is 1. The molecule has 0 aliphatic carbocycles. The molecule has 1 heterocycles. The summed E-state index contributed by atoms with van der Waals surface area (Å²) in [7, 11) is 1.88. The number of thiazole rings is 1. The van der Waals surface area contributed by atoms with E-state index in [2.05, 4.69) is 0 Å². The van der Waals surface area contributed by atoms with E-state index in [0.29, 0.717) is 0 Å². The molecule has 0 spiro atoms. The van der Waals surface area contributed by atoms with E-state index in [1.54, 1.807) is 0 Å². The van der Waals surface area contributed by atoms with Crippen LogP contribution in [0.5, 0.6) is 0 Å². The van der Waals surface area contributed by atoms with Crippen LogP contribution in [0.3, 0.4) is 0 Å². The van der Waals surface area contributed by atoms with Gasteiger partial charge in [-0.3, -0.25) is 0 Å². The van der Waals surface area contributed by atoms with Crippen LogP contribution in [0.15, 0.2) is 28.6 Å². The van der Waals surface area contributed by atoms with Gasteiger partial charge in [0.15, 0.2) is 0 Å². The van der Waals surface area contributed by atoms with E-state index in [1.807, 2.05) is 35.9 Å². The molecule has 1 aromatic carbocycles. The molecular formula is C9H8NO2S2+. The van der Waals surface area contributed by atoms with Crippen LogP contribution in [-0.2, 0) is 7.05 Å². The van der Waals surface area contributed by atoms with Gasteiger partial charge in [-0.1, -0.05) is 23.5 Å². The Morgan fingerprint density at radius 3 is 2.86 bits per heavy atom. The summed E-state index contributed by atoms with van der Waals surface area (Å²) in [5.74, 6) is 0. The van der Waals surface area contributed by atoms with Crippen molar-refractivity contribution in [3.05, 3.63) is 24.3 Å². The van der Waals surface area contributed by atoms with Gasteiger partial charge in [0, 0.05) is 6.07 Å². The number of thioether (sulfide) groups is 1. The summed E-state index contributed by atoms with van der Waals surface area (Å²) in [4.78, 5) is 10.6. The smallest absolute Gasteiger partial charge is 0.376 e. The zero-order valence-electron chi connectivity index (χ0n) is 7.43. The monoisotopic (exact) mass is 226 g/mol. The van der Waals surface area contributed by atoms with Crippen molar-refractivity contribution < 1.29 is 14.5 Å². The number of carboxylic acid groups (broad SMARTS) is 1. The zero-order chi connectivity index (χ0) is 10.1. The van der Waals surface area contributed by atoms with Gasteiger partial charge in [0.25, 0.3) is 0 Å². The standard InChI is InChI=1S/C9H7NO2S2/c1-10-6-4-2-3-5-7(6)13-8(10)14-9(11)12/h2-5H,1H3/p+1. The third-order valence-corrected chi connectivity index (χ3v) is 4.01. The number of aryl methyl sites for hydroxylation is 1. The molecule has 0 saturated carbocycles. The van der Waals surface area contributed by atoms with Gasteiger partial charge < -0.3 is 5.11 Å². The van der Waals surface area contributed by atoms with E-state index in [-0.39, 0.29) is 0 Å². The fourth-order valence-electron chi connectivity index (χ4n) is 1.25. The van der Waals surface area contributed by atoms with Crippen molar-refractivity contribution in [3.63, 3.8) is 0 Å². The summed E-state index contributed by atoms with van der Waals surface area (Å²) in [6.07, 6.45) is 0. The Bertz CT molecular complexity index is 493. The van der Waals surface area contributed by atoms with E-state index >= 15 is 0 Å². The van der Waals surface area contributed by atoms with Crippen LogP contribution in [-0.4, -0.2) is 10.4 Å². The highest BCUT2D eigenvalue weighted by Gasteiger charge is 2.19. The van der Waals surface area contributed by atoms with Crippen molar-refractivity contribution in [2.45, 2.75) is 4.34 Å². The Balaban J connectivity index is 2.57. The number of benzene rings is 1. The molecule has 0 atom stereocenters. The second-order valence-electron chi connectivity index (χ2n) is 2.76. The van der Waals surface area contributed by atoms with Crippen LogP contribution in [0.2, 0.25) is 0 Å². The predicted octanol–water partition coefficient (Wildman–Crippen LogP) is 2.50. The average molecular weight is 226 g/mol. The van der Waals surface area contributed by atoms with Crippen LogP contribution in [0, 0.1) is 0 Å². The molecule has 0 radical (unpaired) electrons. The van der Waals surface area contributed by atoms with E-state index in [1.165, 1.54) is 11.3 Å². The number of hydrogen-bond acceptors (Lipinski definition) is 3. The third-order valence-electron chi connectivity index (χ3n) is 1.87. The predicted molar refractivity (Wildman–Crippen MR) is 56.9 cm³/mol. The quantitative estimate of drug-likeness (QED) is 0.600. The highest BCUT2D eigenvalue weighted by Crippen LogP contribution is 2.27. The minimum absolute atomic E-state index is 0.790. The molecule has 1 aromatic heterocycles. The first kappa shape index (κ1) is 9.48. The van der Waals surface area contributed by atoms with Gasteiger partial charge in [-0.25, -0.2) is 4.79 Å². The van der Waals surface area contributed by atoms with E-state index in [4.69, 9.17) is 5.11 Å². The van der Waals surface area contributed by atoms with Crippen molar-refractivity contribution in [2.24, 2.45) is 7.05 Å². The number of nitrogens with zero attached hydrogens (tertiary/aromatic N) is 1. The first-order valence-electron chi connectivity index (χ1n) is 3.97. The van der Waals surface area contributed by atoms with Gasteiger partial charge in [0.05, 0.1) is 11.8 Å². The van der Waals surface area contributed by atoms with Crippen LogP contribution in [0.25, 0.3) is 10.2 Å². The van der Waals surface area contributed by atoms with Gasteiger partial charge in [-0.2, -0.15) is 4.57 Å². The van der Waals surface area contributed by atoms with Gasteiger partial charge >= 0.3 is 9.64 Å². The second-order valence-corrected chi connectivity index (χ2v) is 4.99. The van der Waals surface area contributed by atoms with E-state index < -0.39 is 5.30 Å². The number of carbonyl (C=O) groups is 1. The molecule has 72 valence electrons. The highest BCUT2D eigenvalue weighted by molar-refractivity contribution is 8.14. The molecule has 0 saturated heterocycles. The van der Waals surface area contributed by atoms with Crippen LogP contribution >= 0.6 is 23.1 Å². The molecule has 2 aromatic rings. The minimum Gasteiger partial charge on any atom is -0.473 e. The van der Waals surface area contributed by atoms with Gasteiger partial charge in [0.2, 0.25) is 5.52 Å². The van der Waals surface area contributed by atoms with Gasteiger partial charge in [0.1, 0.15) is 11.7 Å². The largest absolute Gasteiger partial charge is 0.473 e. The molecule has 0 unspecified atom stereocenters. The number of aromatic nitrogens is 1. The Morgan fingerprint density at radius 2 is 2.21 bits per heavy atom. The number of fused-ring (bicyclic) bond motifs is 1. The van der Waals surface area contributed by atoms with Gasteiger partial charge in [-0.05, 0) is 6.07 Å². The second kappa shape index (κ2) is 3.59. The first-order chi connectivity index (χ1) is 6.68. The summed E-state index contributed by atoms with van der Waals surface area (Å²) in [5, 5.41) is 7.80. The highest BCUT2D eigenvalue weighted by atomic mass is 32.2. The molecular weight excluding hydrogens is 218 g/mol. The maximum Gasteiger partial charge on any atom is 0.376 e. The first-order valence-corrected chi connectivity index (χ1v) is 5.60. The summed E-state index contributed by atoms with van der Waals surface area (Å²) in [6.45, 7) is 0. The van der Waals surface area contributed by atoms with Crippen LogP contribution < -0.4 is 4.57 Å². The molecule has 14 heavy (non-hydrogen) atoms. The minimum atomic E-state index is -0.868. The molecule has 5 heteroatoms. The van der Waals surface area contributed by atoms with Crippen molar-refractivity contribution in [3.8, 4) is 0 Å². The fourth-order valence-corrected chi connectivity index (χ4v) is 3.16. The molecule has 3 nitrogen and oxygen atoms in total. The molecule has 0 aliphatic rings. The molecule has 1 N–H and O–H groups in total. The van der Waals surface area contributed by atoms with Crippen LogP contribution in [0.1, 0.15) is 0 Å². The van der Waals surface area contributed by atoms with Crippen molar-refractivity contribution in [1.82, 2.24) is 0 Å². The average Bonchev–Trinajstić information content (AvgIpc) is 2.44. The Hall–Kier alpha value is -1.07. The van der Waals surface area contributed by atoms with Crippen molar-refractivity contribution in [1.29, 1.82) is 0 Å².